The maximum absolute atomic E-state index is 14.2. The van der Waals surface area contributed by atoms with E-state index in [0.717, 1.165) is 0 Å². The number of aromatic nitrogens is 1. The molecule has 0 radical (unpaired) electrons. The van der Waals surface area contributed by atoms with Crippen LogP contribution in [0.5, 0.6) is 0 Å². The fourth-order valence-electron chi connectivity index (χ4n) is 1.61. The van der Waals surface area contributed by atoms with E-state index in [4.69, 9.17) is 4.42 Å². The van der Waals surface area contributed by atoms with Crippen LogP contribution in [0.15, 0.2) is 28.7 Å². The minimum Gasteiger partial charge on any atom is -0.464 e. The first-order valence-electron chi connectivity index (χ1n) is 5.94. The van der Waals surface area contributed by atoms with Gasteiger partial charge in [0, 0.05) is 0 Å². The minimum atomic E-state index is -4.02. The summed E-state index contributed by atoms with van der Waals surface area (Å²) >= 11 is 0. The van der Waals surface area contributed by atoms with Crippen molar-refractivity contribution in [1.29, 1.82) is 0 Å². The summed E-state index contributed by atoms with van der Waals surface area (Å²) in [6, 6.07) is 6.15. The van der Waals surface area contributed by atoms with Crippen molar-refractivity contribution < 1.29 is 27.8 Å². The Kier molecular flexibility index (Phi) is 3.47. The second kappa shape index (κ2) is 4.82. The average Bonchev–Trinajstić information content (AvgIpc) is 2.83. The Morgan fingerprint density at radius 2 is 2.10 bits per heavy atom. The van der Waals surface area contributed by atoms with Crippen molar-refractivity contribution in [3.63, 3.8) is 0 Å². The van der Waals surface area contributed by atoms with Gasteiger partial charge in [-0.1, -0.05) is 12.1 Å². The monoisotopic (exact) mass is 285 g/mol. The van der Waals surface area contributed by atoms with Crippen LogP contribution in [0.25, 0.3) is 11.1 Å². The number of para-hydroxylation sites is 2. The Morgan fingerprint density at radius 1 is 1.45 bits per heavy atom. The molecule has 0 bridgehead atoms. The molecule has 1 heterocycles. The second-order valence-corrected chi connectivity index (χ2v) is 4.35. The molecule has 0 fully saturated rings. The SMILES string of the molecule is CCOC(=O)C(C)(O)C(F)(F)c1nc2ccccc2o1. The number of fused-ring (bicyclic) bond motifs is 1. The molecule has 0 saturated heterocycles. The zero-order valence-electron chi connectivity index (χ0n) is 10.9. The maximum Gasteiger partial charge on any atom is 0.360 e. The quantitative estimate of drug-likeness (QED) is 0.872. The van der Waals surface area contributed by atoms with Gasteiger partial charge >= 0.3 is 11.9 Å². The third kappa shape index (κ3) is 2.14. The fraction of sp³-hybridized carbons (Fsp3) is 0.385. The van der Waals surface area contributed by atoms with Crippen LogP contribution in [0.1, 0.15) is 19.7 Å². The summed E-state index contributed by atoms with van der Waals surface area (Å²) in [6.07, 6.45) is 0. The van der Waals surface area contributed by atoms with Gasteiger partial charge in [0.1, 0.15) is 5.52 Å². The number of oxazole rings is 1. The summed E-state index contributed by atoms with van der Waals surface area (Å²) in [4.78, 5) is 15.1. The molecule has 7 heteroatoms. The lowest BCUT2D eigenvalue weighted by Gasteiger charge is -2.27. The van der Waals surface area contributed by atoms with Crippen molar-refractivity contribution in [2.75, 3.05) is 6.61 Å². The molecule has 0 aliphatic rings. The molecule has 1 aromatic heterocycles. The van der Waals surface area contributed by atoms with E-state index in [1.54, 1.807) is 12.1 Å². The molecule has 0 amide bonds. The number of ether oxygens (including phenoxy) is 1. The predicted octanol–water partition coefficient (Wildman–Crippen LogP) is 2.23. The highest BCUT2D eigenvalue weighted by atomic mass is 19.3. The number of rotatable bonds is 4. The van der Waals surface area contributed by atoms with Crippen molar-refractivity contribution in [1.82, 2.24) is 4.98 Å². The van der Waals surface area contributed by atoms with Gasteiger partial charge < -0.3 is 14.3 Å². The van der Waals surface area contributed by atoms with Gasteiger partial charge in [-0.05, 0) is 26.0 Å². The van der Waals surface area contributed by atoms with Gasteiger partial charge in [0.05, 0.1) is 6.61 Å². The van der Waals surface area contributed by atoms with Gasteiger partial charge in [-0.15, -0.1) is 0 Å². The molecule has 2 rings (SSSR count). The molecule has 0 aliphatic heterocycles. The van der Waals surface area contributed by atoms with Gasteiger partial charge in [-0.3, -0.25) is 0 Å². The number of hydrogen-bond acceptors (Lipinski definition) is 5. The lowest BCUT2D eigenvalue weighted by Crippen LogP contribution is -2.51. The summed E-state index contributed by atoms with van der Waals surface area (Å²) in [5.41, 5.74) is -2.71. The van der Waals surface area contributed by atoms with Gasteiger partial charge in [-0.25, -0.2) is 9.78 Å². The molecule has 0 aliphatic carbocycles. The van der Waals surface area contributed by atoms with E-state index < -0.39 is 23.4 Å². The van der Waals surface area contributed by atoms with Crippen molar-refractivity contribution >= 4 is 17.1 Å². The Balaban J connectivity index is 2.45. The number of aliphatic hydroxyl groups is 1. The summed E-state index contributed by atoms with van der Waals surface area (Å²) in [7, 11) is 0. The molecule has 108 valence electrons. The van der Waals surface area contributed by atoms with E-state index in [0.29, 0.717) is 6.92 Å². The molecule has 0 spiro atoms. The maximum atomic E-state index is 14.2. The number of carbonyl (C=O) groups is 1. The summed E-state index contributed by atoms with van der Waals surface area (Å²) < 4.78 is 37.8. The van der Waals surface area contributed by atoms with E-state index in [1.165, 1.54) is 19.1 Å². The summed E-state index contributed by atoms with van der Waals surface area (Å²) in [6.45, 7) is 1.99. The lowest BCUT2D eigenvalue weighted by atomic mass is 9.98. The number of esters is 1. The second-order valence-electron chi connectivity index (χ2n) is 4.35. The van der Waals surface area contributed by atoms with Crippen molar-refractivity contribution in [3.05, 3.63) is 30.2 Å². The van der Waals surface area contributed by atoms with Crippen LogP contribution < -0.4 is 0 Å². The summed E-state index contributed by atoms with van der Waals surface area (Å²) in [5, 5.41) is 9.80. The Morgan fingerprint density at radius 3 is 2.70 bits per heavy atom. The Hall–Kier alpha value is -2.02. The van der Waals surface area contributed by atoms with E-state index >= 15 is 0 Å². The zero-order chi connectivity index (χ0) is 15.0. The van der Waals surface area contributed by atoms with Crippen LogP contribution in [0.4, 0.5) is 8.78 Å². The highest BCUT2D eigenvalue weighted by molar-refractivity contribution is 5.80. The van der Waals surface area contributed by atoms with E-state index in [9.17, 15) is 18.7 Å². The fourth-order valence-corrected chi connectivity index (χ4v) is 1.61. The third-order valence-electron chi connectivity index (χ3n) is 2.85. The molecular formula is C13H13F2NO4. The van der Waals surface area contributed by atoms with Crippen LogP contribution in [0.3, 0.4) is 0 Å². The van der Waals surface area contributed by atoms with E-state index in [1.807, 2.05) is 0 Å². The van der Waals surface area contributed by atoms with Crippen LogP contribution in [-0.4, -0.2) is 28.3 Å². The van der Waals surface area contributed by atoms with Crippen LogP contribution in [0, 0.1) is 0 Å². The van der Waals surface area contributed by atoms with E-state index in [2.05, 4.69) is 9.72 Å². The highest BCUT2D eigenvalue weighted by Crippen LogP contribution is 2.40. The van der Waals surface area contributed by atoms with Gasteiger partial charge in [0.2, 0.25) is 5.60 Å². The molecule has 1 aromatic carbocycles. The first kappa shape index (κ1) is 14.4. The largest absolute Gasteiger partial charge is 0.464 e. The molecule has 1 unspecified atom stereocenters. The number of hydrogen-bond donors (Lipinski definition) is 1. The summed E-state index contributed by atoms with van der Waals surface area (Å²) in [5.74, 6) is -6.48. The molecule has 20 heavy (non-hydrogen) atoms. The third-order valence-corrected chi connectivity index (χ3v) is 2.85. The van der Waals surface area contributed by atoms with Gasteiger partial charge in [-0.2, -0.15) is 8.78 Å². The van der Waals surface area contributed by atoms with Crippen LogP contribution in [-0.2, 0) is 15.5 Å². The lowest BCUT2D eigenvalue weighted by molar-refractivity contribution is -0.216. The van der Waals surface area contributed by atoms with Crippen LogP contribution >= 0.6 is 0 Å². The zero-order valence-corrected chi connectivity index (χ0v) is 10.9. The smallest absolute Gasteiger partial charge is 0.360 e. The highest BCUT2D eigenvalue weighted by Gasteiger charge is 2.60. The number of carbonyl (C=O) groups excluding carboxylic acids is 1. The molecular weight excluding hydrogens is 272 g/mol. The predicted molar refractivity (Wildman–Crippen MR) is 65.2 cm³/mol. The Bertz CT molecular complexity index is 603. The first-order valence-corrected chi connectivity index (χ1v) is 5.94. The number of alkyl halides is 2. The van der Waals surface area contributed by atoms with Crippen molar-refractivity contribution in [2.45, 2.75) is 25.4 Å². The Labute approximate surface area is 113 Å². The van der Waals surface area contributed by atoms with E-state index in [-0.39, 0.29) is 17.7 Å². The average molecular weight is 285 g/mol. The van der Waals surface area contributed by atoms with Crippen molar-refractivity contribution in [2.24, 2.45) is 0 Å². The van der Waals surface area contributed by atoms with Crippen molar-refractivity contribution in [3.8, 4) is 0 Å². The van der Waals surface area contributed by atoms with Gasteiger partial charge in [0.15, 0.2) is 5.58 Å². The standard InChI is InChI=1S/C13H13F2NO4/c1-3-19-11(17)12(2,18)13(14,15)10-16-8-6-4-5-7-9(8)20-10/h4-7,18H,3H2,1-2H3. The number of benzene rings is 1. The van der Waals surface area contributed by atoms with Gasteiger partial charge in [0.25, 0.3) is 5.89 Å². The molecule has 2 aromatic rings. The molecule has 1 N–H and O–H groups in total. The number of halogens is 2. The number of nitrogens with zero attached hydrogens (tertiary/aromatic N) is 1. The topological polar surface area (TPSA) is 72.6 Å². The normalized spacial score (nSPS) is 15.1. The minimum absolute atomic E-state index is 0.126. The molecule has 5 nitrogen and oxygen atoms in total. The molecule has 0 saturated carbocycles. The van der Waals surface area contributed by atoms with Crippen LogP contribution in [0.2, 0.25) is 0 Å². The molecule has 1 atom stereocenters. The first-order chi connectivity index (χ1) is 9.30.